The number of benzene rings is 4. The highest BCUT2D eigenvalue weighted by Crippen LogP contribution is 2.27. The zero-order valence-electron chi connectivity index (χ0n) is 25.2. The molecule has 0 aliphatic rings. The van der Waals surface area contributed by atoms with E-state index in [4.69, 9.17) is 16.3 Å². The number of ether oxygens (including phenoxy) is 1. The summed E-state index contributed by atoms with van der Waals surface area (Å²) < 4.78 is 48.1. The molecule has 0 heterocycles. The lowest BCUT2D eigenvalue weighted by Gasteiger charge is -2.34. The number of halogens is 2. The second-order valence-electron chi connectivity index (χ2n) is 10.7. The number of anilines is 1. The highest BCUT2D eigenvalue weighted by Gasteiger charge is 2.35. The Hall–Kier alpha value is -4.41. The number of nitrogens with zero attached hydrogens (tertiary/aromatic N) is 2. The van der Waals surface area contributed by atoms with E-state index in [-0.39, 0.29) is 35.5 Å². The maximum Gasteiger partial charge on any atom is 0.264 e. The monoisotopic (exact) mass is 651 g/mol. The Morgan fingerprint density at radius 3 is 2.07 bits per heavy atom. The summed E-state index contributed by atoms with van der Waals surface area (Å²) in [5.41, 5.74) is 1.59. The summed E-state index contributed by atoms with van der Waals surface area (Å²) >= 11 is 6.11. The average Bonchev–Trinajstić information content (AvgIpc) is 3.03. The predicted molar refractivity (Wildman–Crippen MR) is 173 cm³/mol. The van der Waals surface area contributed by atoms with Gasteiger partial charge >= 0.3 is 0 Å². The summed E-state index contributed by atoms with van der Waals surface area (Å²) in [6.45, 7) is 2.98. The zero-order valence-corrected chi connectivity index (χ0v) is 26.8. The van der Waals surface area contributed by atoms with Crippen LogP contribution in [-0.4, -0.2) is 50.9 Å². The van der Waals surface area contributed by atoms with E-state index in [1.807, 2.05) is 44.2 Å². The summed E-state index contributed by atoms with van der Waals surface area (Å²) in [6, 6.07) is 25.5. The SMILES string of the molecule is COc1ccc(S(=O)(=O)N(CC(=O)N(Cc2ccc(Cl)cc2)[C@H](Cc2ccccc2)C(=O)NC(C)C)c2ccc(F)cc2)cc1. The maximum absolute atomic E-state index is 14.4. The van der Waals surface area contributed by atoms with Crippen molar-refractivity contribution < 1.29 is 27.1 Å². The molecule has 236 valence electrons. The van der Waals surface area contributed by atoms with Crippen LogP contribution in [0, 0.1) is 5.82 Å². The maximum atomic E-state index is 14.4. The Bertz CT molecular complexity index is 1690. The van der Waals surface area contributed by atoms with E-state index < -0.39 is 34.3 Å². The average molecular weight is 652 g/mol. The van der Waals surface area contributed by atoms with Crippen LogP contribution in [0.15, 0.2) is 108 Å². The van der Waals surface area contributed by atoms with Crippen molar-refractivity contribution in [3.05, 3.63) is 125 Å². The van der Waals surface area contributed by atoms with Gasteiger partial charge in [-0.1, -0.05) is 54.1 Å². The molecule has 0 aliphatic heterocycles. The van der Waals surface area contributed by atoms with Gasteiger partial charge in [0, 0.05) is 24.0 Å². The van der Waals surface area contributed by atoms with Crippen LogP contribution in [0.1, 0.15) is 25.0 Å². The Morgan fingerprint density at radius 2 is 1.49 bits per heavy atom. The van der Waals surface area contributed by atoms with Gasteiger partial charge in [-0.15, -0.1) is 0 Å². The minimum atomic E-state index is -4.33. The third-order valence-electron chi connectivity index (χ3n) is 7.01. The van der Waals surface area contributed by atoms with Crippen LogP contribution in [0.25, 0.3) is 0 Å². The van der Waals surface area contributed by atoms with Crippen LogP contribution in [-0.2, 0) is 32.6 Å². The van der Waals surface area contributed by atoms with Crippen molar-refractivity contribution >= 4 is 39.1 Å². The minimum Gasteiger partial charge on any atom is -0.497 e. The second-order valence-corrected chi connectivity index (χ2v) is 13.0. The van der Waals surface area contributed by atoms with E-state index in [1.54, 1.807) is 24.3 Å². The molecule has 1 N–H and O–H groups in total. The van der Waals surface area contributed by atoms with Crippen LogP contribution in [0.3, 0.4) is 0 Å². The molecule has 0 saturated carbocycles. The number of hydrogen-bond donors (Lipinski definition) is 1. The van der Waals surface area contributed by atoms with Gasteiger partial charge in [0.25, 0.3) is 10.0 Å². The van der Waals surface area contributed by atoms with Crippen molar-refractivity contribution in [1.29, 1.82) is 0 Å². The van der Waals surface area contributed by atoms with Crippen molar-refractivity contribution in [1.82, 2.24) is 10.2 Å². The van der Waals surface area contributed by atoms with E-state index in [9.17, 15) is 22.4 Å². The molecule has 4 aromatic rings. The fourth-order valence-electron chi connectivity index (χ4n) is 4.73. The Labute approximate surface area is 268 Å². The minimum absolute atomic E-state index is 0.00113. The summed E-state index contributed by atoms with van der Waals surface area (Å²) in [5.74, 6) is -1.13. The standard InChI is InChI=1S/C34H35ClFN3O5S/c1-24(2)37-34(41)32(21-25-7-5-4-6-8-25)38(22-26-9-11-27(35)12-10-26)33(40)23-39(29-15-13-28(36)14-16-29)45(42,43)31-19-17-30(44-3)18-20-31/h4-20,24,32H,21-23H2,1-3H3,(H,37,41)/t32-/m1/s1. The summed E-state index contributed by atoms with van der Waals surface area (Å²) in [4.78, 5) is 29.4. The highest BCUT2D eigenvalue weighted by molar-refractivity contribution is 7.92. The van der Waals surface area contributed by atoms with Crippen molar-refractivity contribution in [2.24, 2.45) is 0 Å². The van der Waals surface area contributed by atoms with E-state index in [0.717, 1.165) is 22.0 Å². The number of nitrogens with one attached hydrogen (secondary N) is 1. The number of hydrogen-bond acceptors (Lipinski definition) is 5. The van der Waals surface area contributed by atoms with Gasteiger partial charge in [0.05, 0.1) is 17.7 Å². The topological polar surface area (TPSA) is 96.0 Å². The molecule has 0 aliphatic carbocycles. The number of rotatable bonds is 13. The lowest BCUT2D eigenvalue weighted by Crippen LogP contribution is -2.54. The number of sulfonamides is 1. The molecule has 2 amide bonds. The molecule has 4 rings (SSSR count). The molecule has 0 radical (unpaired) electrons. The van der Waals surface area contributed by atoms with Gasteiger partial charge in [-0.05, 0) is 85.6 Å². The normalized spacial score (nSPS) is 12.0. The number of carbonyl (C=O) groups excluding carboxylic acids is 2. The van der Waals surface area contributed by atoms with Gasteiger partial charge in [-0.25, -0.2) is 12.8 Å². The van der Waals surface area contributed by atoms with Crippen molar-refractivity contribution in [3.8, 4) is 5.75 Å². The fraction of sp³-hybridized carbons (Fsp3) is 0.235. The number of methoxy groups -OCH3 is 1. The largest absolute Gasteiger partial charge is 0.497 e. The van der Waals surface area contributed by atoms with Gasteiger partial charge in [-0.3, -0.25) is 13.9 Å². The van der Waals surface area contributed by atoms with E-state index in [0.29, 0.717) is 16.3 Å². The predicted octanol–water partition coefficient (Wildman–Crippen LogP) is 5.85. The van der Waals surface area contributed by atoms with Crippen LogP contribution in [0.4, 0.5) is 10.1 Å². The summed E-state index contributed by atoms with van der Waals surface area (Å²) in [7, 11) is -2.87. The first-order valence-corrected chi connectivity index (χ1v) is 16.1. The Morgan fingerprint density at radius 1 is 0.867 bits per heavy atom. The quantitative estimate of drug-likeness (QED) is 0.196. The smallest absolute Gasteiger partial charge is 0.264 e. The number of amides is 2. The molecular weight excluding hydrogens is 617 g/mol. The zero-order chi connectivity index (χ0) is 32.6. The first-order valence-electron chi connectivity index (χ1n) is 14.3. The third kappa shape index (κ3) is 8.83. The highest BCUT2D eigenvalue weighted by atomic mass is 35.5. The van der Waals surface area contributed by atoms with E-state index in [1.165, 1.54) is 48.4 Å². The van der Waals surface area contributed by atoms with Gasteiger partial charge in [0.1, 0.15) is 24.2 Å². The molecule has 4 aromatic carbocycles. The molecular formula is C34H35ClFN3O5S. The molecule has 0 fully saturated rings. The molecule has 0 spiro atoms. The molecule has 45 heavy (non-hydrogen) atoms. The van der Waals surface area contributed by atoms with Gasteiger partial charge in [0.2, 0.25) is 11.8 Å². The number of carbonyl (C=O) groups is 2. The van der Waals surface area contributed by atoms with Gasteiger partial charge in [-0.2, -0.15) is 0 Å². The van der Waals surface area contributed by atoms with Crippen LogP contribution in [0.5, 0.6) is 5.75 Å². The van der Waals surface area contributed by atoms with Crippen molar-refractivity contribution in [2.45, 2.75) is 43.8 Å². The molecule has 11 heteroatoms. The lowest BCUT2D eigenvalue weighted by molar-refractivity contribution is -0.140. The lowest BCUT2D eigenvalue weighted by atomic mass is 10.0. The Balaban J connectivity index is 1.79. The molecule has 0 unspecified atom stereocenters. The first kappa shape index (κ1) is 33.5. The summed E-state index contributed by atoms with van der Waals surface area (Å²) in [5, 5.41) is 3.42. The van der Waals surface area contributed by atoms with Gasteiger partial charge in [0.15, 0.2) is 0 Å². The molecule has 0 bridgehead atoms. The molecule has 0 aromatic heterocycles. The van der Waals surface area contributed by atoms with Crippen LogP contribution in [0.2, 0.25) is 5.02 Å². The third-order valence-corrected chi connectivity index (χ3v) is 9.05. The molecule has 8 nitrogen and oxygen atoms in total. The van der Waals surface area contributed by atoms with E-state index >= 15 is 0 Å². The van der Waals surface area contributed by atoms with Crippen LogP contribution >= 0.6 is 11.6 Å². The first-order chi connectivity index (χ1) is 21.5. The fourth-order valence-corrected chi connectivity index (χ4v) is 6.27. The second kappa shape index (κ2) is 15.0. The van der Waals surface area contributed by atoms with Crippen molar-refractivity contribution in [3.63, 3.8) is 0 Å². The molecule has 1 atom stereocenters. The van der Waals surface area contributed by atoms with Crippen LogP contribution < -0.4 is 14.4 Å². The van der Waals surface area contributed by atoms with Crippen molar-refractivity contribution in [2.75, 3.05) is 18.0 Å². The van der Waals surface area contributed by atoms with E-state index in [2.05, 4.69) is 5.32 Å². The van der Waals surface area contributed by atoms with Gasteiger partial charge < -0.3 is 15.0 Å². The molecule has 0 saturated heterocycles. The Kier molecular flexibility index (Phi) is 11.2. The summed E-state index contributed by atoms with van der Waals surface area (Å²) in [6.07, 6.45) is 0.181.